The first-order valence-electron chi connectivity index (χ1n) is 6.29. The predicted octanol–water partition coefficient (Wildman–Crippen LogP) is 1.69. The molecule has 1 aromatic rings. The number of aliphatic hydroxyl groups excluding tert-OH is 1. The van der Waals surface area contributed by atoms with Gasteiger partial charge in [-0.2, -0.15) is 4.98 Å². The zero-order valence-electron chi connectivity index (χ0n) is 10.3. The van der Waals surface area contributed by atoms with E-state index in [0.717, 1.165) is 31.7 Å². The van der Waals surface area contributed by atoms with E-state index in [1.54, 1.807) is 0 Å². The third-order valence-electron chi connectivity index (χ3n) is 3.20. The number of pyridine rings is 1. The fourth-order valence-electron chi connectivity index (χ4n) is 2.15. The van der Waals surface area contributed by atoms with E-state index in [4.69, 9.17) is 9.84 Å². The Bertz CT molecular complexity index is 349. The molecule has 2 heterocycles. The molecule has 1 saturated heterocycles. The average Bonchev–Trinajstić information content (AvgIpc) is 2.40. The molecule has 2 rings (SSSR count). The van der Waals surface area contributed by atoms with E-state index in [0.29, 0.717) is 25.0 Å². The Morgan fingerprint density at radius 3 is 2.82 bits per heavy atom. The maximum Gasteiger partial charge on any atom is 0.215 e. The minimum absolute atomic E-state index is 0.306. The van der Waals surface area contributed by atoms with Crippen molar-refractivity contribution in [1.82, 2.24) is 4.98 Å². The molecule has 1 fully saturated rings. The van der Waals surface area contributed by atoms with Gasteiger partial charge in [0, 0.05) is 25.8 Å². The molecule has 0 aliphatic carbocycles. The molecule has 4 nitrogen and oxygen atoms in total. The molecule has 1 aliphatic rings. The van der Waals surface area contributed by atoms with E-state index in [1.165, 1.54) is 0 Å². The van der Waals surface area contributed by atoms with Crippen LogP contribution in [-0.4, -0.2) is 36.4 Å². The van der Waals surface area contributed by atoms with Gasteiger partial charge in [0.25, 0.3) is 0 Å². The van der Waals surface area contributed by atoms with Gasteiger partial charge in [0.1, 0.15) is 5.82 Å². The zero-order valence-corrected chi connectivity index (χ0v) is 10.3. The monoisotopic (exact) mass is 236 g/mol. The summed E-state index contributed by atoms with van der Waals surface area (Å²) in [5.74, 6) is 2.13. The summed E-state index contributed by atoms with van der Waals surface area (Å²) < 4.78 is 5.40. The molecule has 1 aliphatic heterocycles. The standard InChI is InChI=1S/C13H20N2O2/c1-2-17-13-5-3-4-12(14-13)15-8-6-11(10-16)7-9-15/h3-5,11,16H,2,6-10H2,1H3. The molecule has 0 amide bonds. The van der Waals surface area contributed by atoms with Gasteiger partial charge >= 0.3 is 0 Å². The molecule has 17 heavy (non-hydrogen) atoms. The maximum atomic E-state index is 9.11. The number of hydrogen-bond acceptors (Lipinski definition) is 4. The van der Waals surface area contributed by atoms with Gasteiger partial charge < -0.3 is 14.7 Å². The van der Waals surface area contributed by atoms with Crippen LogP contribution in [0.1, 0.15) is 19.8 Å². The molecule has 4 heteroatoms. The lowest BCUT2D eigenvalue weighted by atomic mass is 9.98. The van der Waals surface area contributed by atoms with Crippen LogP contribution in [-0.2, 0) is 0 Å². The summed E-state index contributed by atoms with van der Waals surface area (Å²) in [6, 6.07) is 5.88. The van der Waals surface area contributed by atoms with E-state index >= 15 is 0 Å². The number of rotatable bonds is 4. The van der Waals surface area contributed by atoms with Crippen LogP contribution in [0.2, 0.25) is 0 Å². The molecule has 0 bridgehead atoms. The van der Waals surface area contributed by atoms with E-state index in [-0.39, 0.29) is 0 Å². The van der Waals surface area contributed by atoms with E-state index < -0.39 is 0 Å². The summed E-state index contributed by atoms with van der Waals surface area (Å²) in [7, 11) is 0. The SMILES string of the molecule is CCOc1cccc(N2CCC(CO)CC2)n1. The van der Waals surface area contributed by atoms with Crippen molar-refractivity contribution < 1.29 is 9.84 Å². The molecule has 0 saturated carbocycles. The van der Waals surface area contributed by atoms with E-state index in [9.17, 15) is 0 Å². The van der Waals surface area contributed by atoms with Crippen molar-refractivity contribution in [2.45, 2.75) is 19.8 Å². The first-order chi connectivity index (χ1) is 8.33. The molecule has 1 aromatic heterocycles. The number of piperidine rings is 1. The number of aromatic nitrogens is 1. The minimum atomic E-state index is 0.306. The molecule has 0 spiro atoms. The number of aliphatic hydroxyl groups is 1. The maximum absolute atomic E-state index is 9.11. The Balaban J connectivity index is 2.00. The first-order valence-corrected chi connectivity index (χ1v) is 6.29. The van der Waals surface area contributed by atoms with Crippen molar-refractivity contribution in [3.8, 4) is 5.88 Å². The van der Waals surface area contributed by atoms with Crippen LogP contribution in [0.5, 0.6) is 5.88 Å². The predicted molar refractivity (Wildman–Crippen MR) is 67.4 cm³/mol. The van der Waals surface area contributed by atoms with Crippen molar-refractivity contribution in [2.24, 2.45) is 5.92 Å². The Hall–Kier alpha value is -1.29. The largest absolute Gasteiger partial charge is 0.478 e. The van der Waals surface area contributed by atoms with Crippen LogP contribution in [0.15, 0.2) is 18.2 Å². The van der Waals surface area contributed by atoms with Gasteiger partial charge in [0.2, 0.25) is 5.88 Å². The minimum Gasteiger partial charge on any atom is -0.478 e. The van der Waals surface area contributed by atoms with Gasteiger partial charge in [-0.1, -0.05) is 6.07 Å². The van der Waals surface area contributed by atoms with Gasteiger partial charge in [0.15, 0.2) is 0 Å². The second-order valence-corrected chi connectivity index (χ2v) is 4.38. The fourth-order valence-corrected chi connectivity index (χ4v) is 2.15. The number of anilines is 1. The smallest absolute Gasteiger partial charge is 0.215 e. The Kier molecular flexibility index (Phi) is 4.20. The topological polar surface area (TPSA) is 45.6 Å². The molecular weight excluding hydrogens is 216 g/mol. The van der Waals surface area contributed by atoms with Crippen LogP contribution < -0.4 is 9.64 Å². The second-order valence-electron chi connectivity index (χ2n) is 4.38. The number of hydrogen-bond donors (Lipinski definition) is 1. The molecule has 0 radical (unpaired) electrons. The highest BCUT2D eigenvalue weighted by Crippen LogP contribution is 2.22. The van der Waals surface area contributed by atoms with Crippen LogP contribution >= 0.6 is 0 Å². The lowest BCUT2D eigenvalue weighted by Crippen LogP contribution is -2.35. The van der Waals surface area contributed by atoms with Gasteiger partial charge in [-0.25, -0.2) is 0 Å². The summed E-state index contributed by atoms with van der Waals surface area (Å²) in [5.41, 5.74) is 0. The van der Waals surface area contributed by atoms with Crippen molar-refractivity contribution in [1.29, 1.82) is 0 Å². The highest BCUT2D eigenvalue weighted by Gasteiger charge is 2.19. The molecule has 1 N–H and O–H groups in total. The van der Waals surface area contributed by atoms with Gasteiger partial charge in [-0.05, 0) is 31.7 Å². The van der Waals surface area contributed by atoms with Crippen molar-refractivity contribution in [2.75, 3.05) is 31.2 Å². The van der Waals surface area contributed by atoms with Crippen LogP contribution in [0.25, 0.3) is 0 Å². The third-order valence-corrected chi connectivity index (χ3v) is 3.20. The Morgan fingerprint density at radius 1 is 1.41 bits per heavy atom. The Morgan fingerprint density at radius 2 is 2.18 bits per heavy atom. The van der Waals surface area contributed by atoms with Gasteiger partial charge in [0.05, 0.1) is 6.61 Å². The van der Waals surface area contributed by atoms with Gasteiger partial charge in [-0.15, -0.1) is 0 Å². The average molecular weight is 236 g/mol. The van der Waals surface area contributed by atoms with Crippen molar-refractivity contribution >= 4 is 5.82 Å². The highest BCUT2D eigenvalue weighted by molar-refractivity contribution is 5.41. The molecule has 0 aromatic carbocycles. The van der Waals surface area contributed by atoms with Crippen LogP contribution in [0.3, 0.4) is 0 Å². The molecular formula is C13H20N2O2. The van der Waals surface area contributed by atoms with Crippen LogP contribution in [0, 0.1) is 5.92 Å². The fraction of sp³-hybridized carbons (Fsp3) is 0.615. The third kappa shape index (κ3) is 3.09. The molecule has 94 valence electrons. The quantitative estimate of drug-likeness (QED) is 0.864. The highest BCUT2D eigenvalue weighted by atomic mass is 16.5. The van der Waals surface area contributed by atoms with Crippen molar-refractivity contribution in [3.05, 3.63) is 18.2 Å². The summed E-state index contributed by atoms with van der Waals surface area (Å²) in [6.07, 6.45) is 2.08. The summed E-state index contributed by atoms with van der Waals surface area (Å²) in [4.78, 5) is 6.74. The van der Waals surface area contributed by atoms with Crippen LogP contribution in [0.4, 0.5) is 5.82 Å². The Labute approximate surface area is 102 Å². The van der Waals surface area contributed by atoms with Gasteiger partial charge in [-0.3, -0.25) is 0 Å². The number of nitrogens with zero attached hydrogens (tertiary/aromatic N) is 2. The molecule has 0 unspecified atom stereocenters. The van der Waals surface area contributed by atoms with Crippen molar-refractivity contribution in [3.63, 3.8) is 0 Å². The normalized spacial score (nSPS) is 17.2. The lowest BCUT2D eigenvalue weighted by molar-refractivity contribution is 0.202. The summed E-state index contributed by atoms with van der Waals surface area (Å²) >= 11 is 0. The first kappa shape index (κ1) is 12.2. The number of ether oxygens (including phenoxy) is 1. The summed E-state index contributed by atoms with van der Waals surface area (Å²) in [5, 5.41) is 9.11. The zero-order chi connectivity index (χ0) is 12.1. The van der Waals surface area contributed by atoms with E-state index in [1.807, 2.05) is 25.1 Å². The lowest BCUT2D eigenvalue weighted by Gasteiger charge is -2.32. The van der Waals surface area contributed by atoms with E-state index in [2.05, 4.69) is 9.88 Å². The summed E-state index contributed by atoms with van der Waals surface area (Å²) in [6.45, 7) is 4.84. The molecule has 0 atom stereocenters. The second kappa shape index (κ2) is 5.87.